The van der Waals surface area contributed by atoms with Gasteiger partial charge in [-0.1, -0.05) is 4.57 Å². The van der Waals surface area contributed by atoms with Gasteiger partial charge in [-0.15, -0.1) is 5.10 Å². The van der Waals surface area contributed by atoms with Gasteiger partial charge in [0.05, 0.1) is 6.10 Å². The molecule has 5 unspecified atom stereocenters. The van der Waals surface area contributed by atoms with Gasteiger partial charge < -0.3 is 19.9 Å². The second-order valence-corrected chi connectivity index (χ2v) is 7.93. The van der Waals surface area contributed by atoms with E-state index in [4.69, 9.17) is 25.4 Å². The summed E-state index contributed by atoms with van der Waals surface area (Å²) in [5.41, 5.74) is 5.40. The summed E-state index contributed by atoms with van der Waals surface area (Å²) in [6.07, 6.45) is 1.32. The maximum Gasteiger partial charge on any atom is 0.335 e. The lowest BCUT2D eigenvalue weighted by Crippen LogP contribution is -2.29. The molecule has 5 atom stereocenters. The molecule has 1 aromatic heterocycles. The number of rotatable bonds is 5. The third kappa shape index (κ3) is 3.28. The topological polar surface area (TPSA) is 125 Å². The van der Waals surface area contributed by atoms with Gasteiger partial charge in [-0.05, 0) is 13.8 Å². The van der Waals surface area contributed by atoms with Crippen molar-refractivity contribution in [2.75, 3.05) is 12.8 Å². The van der Waals surface area contributed by atoms with E-state index in [1.165, 1.54) is 11.0 Å². The van der Waals surface area contributed by atoms with Crippen LogP contribution in [0.1, 0.15) is 32.3 Å². The second kappa shape index (κ2) is 5.90. The molecule has 3 heterocycles. The third-order valence-corrected chi connectivity index (χ3v) is 4.75. The number of hydrogen-bond donors (Lipinski definition) is 2. The molecule has 0 saturated carbocycles. The fourth-order valence-electron chi connectivity index (χ4n) is 2.93. The summed E-state index contributed by atoms with van der Waals surface area (Å²) in [6.45, 7) is 5.40. The van der Waals surface area contributed by atoms with Crippen LogP contribution in [-0.2, 0) is 18.8 Å². The molecule has 0 amide bonds. The SMILES string of the molecule is C[P+](=O)CCC1OC(n2cnc(C(=N)N)n2)C2OC(C)(C)OC12. The van der Waals surface area contributed by atoms with Crippen LogP contribution in [0.3, 0.4) is 0 Å². The number of aromatic nitrogens is 3. The van der Waals surface area contributed by atoms with Crippen LogP contribution in [0.5, 0.6) is 0 Å². The molecule has 126 valence electrons. The first-order valence-corrected chi connectivity index (χ1v) is 9.31. The number of nitrogens with one attached hydrogen (secondary N) is 1. The van der Waals surface area contributed by atoms with Crippen molar-refractivity contribution in [1.82, 2.24) is 14.8 Å². The first kappa shape index (κ1) is 16.4. The molecule has 0 spiro atoms. The van der Waals surface area contributed by atoms with Crippen LogP contribution in [0.4, 0.5) is 0 Å². The van der Waals surface area contributed by atoms with Crippen molar-refractivity contribution in [3.8, 4) is 0 Å². The van der Waals surface area contributed by atoms with E-state index in [-0.39, 0.29) is 30.0 Å². The normalized spacial score (nSPS) is 32.7. The first-order valence-electron chi connectivity index (χ1n) is 7.42. The van der Waals surface area contributed by atoms with Crippen LogP contribution >= 0.6 is 7.80 Å². The average Bonchev–Trinajstić information content (AvgIpc) is 3.09. The molecule has 0 bridgehead atoms. The number of hydrogen-bond acceptors (Lipinski definition) is 7. The molecule has 2 fully saturated rings. The number of nitrogen functional groups attached to an aromatic ring is 1. The zero-order valence-electron chi connectivity index (χ0n) is 13.3. The van der Waals surface area contributed by atoms with Crippen molar-refractivity contribution < 1.29 is 18.8 Å². The van der Waals surface area contributed by atoms with Crippen LogP contribution in [0.15, 0.2) is 6.33 Å². The van der Waals surface area contributed by atoms with E-state index in [0.717, 1.165) is 0 Å². The number of nitrogens with two attached hydrogens (primary N) is 1. The summed E-state index contributed by atoms with van der Waals surface area (Å²) in [6, 6.07) is 0. The van der Waals surface area contributed by atoms with E-state index in [1.54, 1.807) is 6.66 Å². The predicted molar refractivity (Wildman–Crippen MR) is 81.8 cm³/mol. The lowest BCUT2D eigenvalue weighted by molar-refractivity contribution is -0.198. The molecule has 3 rings (SSSR count). The highest BCUT2D eigenvalue weighted by atomic mass is 31.1. The predicted octanol–water partition coefficient (Wildman–Crippen LogP) is 0.827. The lowest BCUT2D eigenvalue weighted by atomic mass is 10.1. The fraction of sp³-hybridized carbons (Fsp3) is 0.769. The standard InChI is InChI=1S/C13H21N5O4P/c1-13(2)21-8-7(4-5-23(3)19)20-12(9(8)22-13)18-6-16-11(17-18)10(14)15/h6-9,12H,4-5H2,1-3H3,(H3,14,15)/q+1. The molecule has 2 aliphatic rings. The Kier molecular flexibility index (Phi) is 4.22. The minimum absolute atomic E-state index is 0.142. The Morgan fingerprint density at radius 1 is 1.48 bits per heavy atom. The van der Waals surface area contributed by atoms with Gasteiger partial charge in [-0.25, -0.2) is 9.67 Å². The van der Waals surface area contributed by atoms with Gasteiger partial charge in [0.25, 0.3) is 0 Å². The lowest BCUT2D eigenvalue weighted by Gasteiger charge is -2.23. The minimum Gasteiger partial charge on any atom is -0.381 e. The second-order valence-electron chi connectivity index (χ2n) is 6.23. The zero-order chi connectivity index (χ0) is 16.8. The molecule has 23 heavy (non-hydrogen) atoms. The Hall–Kier alpha value is -1.41. The summed E-state index contributed by atoms with van der Waals surface area (Å²) in [7, 11) is -1.24. The first-order chi connectivity index (χ1) is 10.8. The molecule has 1 aromatic rings. The van der Waals surface area contributed by atoms with Gasteiger partial charge in [0, 0.05) is 6.42 Å². The number of fused-ring (bicyclic) bond motifs is 1. The number of ether oxygens (including phenoxy) is 3. The number of amidine groups is 1. The van der Waals surface area contributed by atoms with Gasteiger partial charge in [-0.3, -0.25) is 5.41 Å². The Labute approximate surface area is 134 Å². The maximum atomic E-state index is 11.4. The molecular weight excluding hydrogens is 321 g/mol. The molecular formula is C13H21N5O4P+. The van der Waals surface area contributed by atoms with E-state index in [2.05, 4.69) is 10.1 Å². The van der Waals surface area contributed by atoms with Gasteiger partial charge in [0.15, 0.2) is 17.9 Å². The van der Waals surface area contributed by atoms with Gasteiger partial charge in [0.2, 0.25) is 5.82 Å². The summed E-state index contributed by atoms with van der Waals surface area (Å²) in [5, 5.41) is 11.6. The number of nitrogens with zero attached hydrogens (tertiary/aromatic N) is 3. The van der Waals surface area contributed by atoms with Crippen LogP contribution in [0.25, 0.3) is 0 Å². The summed E-state index contributed by atoms with van der Waals surface area (Å²) in [5.74, 6) is -0.779. The molecule has 3 N–H and O–H groups in total. The van der Waals surface area contributed by atoms with Crippen molar-refractivity contribution in [3.63, 3.8) is 0 Å². The van der Waals surface area contributed by atoms with Crippen molar-refractivity contribution in [3.05, 3.63) is 12.2 Å². The van der Waals surface area contributed by atoms with Gasteiger partial charge >= 0.3 is 7.80 Å². The fourth-order valence-corrected chi connectivity index (χ4v) is 3.55. The van der Waals surface area contributed by atoms with Crippen LogP contribution < -0.4 is 5.73 Å². The van der Waals surface area contributed by atoms with Crippen LogP contribution in [0, 0.1) is 5.41 Å². The molecule has 0 aliphatic carbocycles. The summed E-state index contributed by atoms with van der Waals surface area (Å²) < 4.78 is 30.8. The Bertz CT molecular complexity index is 634. The van der Waals surface area contributed by atoms with Crippen molar-refractivity contribution in [2.24, 2.45) is 5.73 Å². The Balaban J connectivity index is 1.82. The molecule has 10 heteroatoms. The highest BCUT2D eigenvalue weighted by Crippen LogP contribution is 2.44. The van der Waals surface area contributed by atoms with Crippen LogP contribution in [-0.4, -0.2) is 57.5 Å². The molecule has 9 nitrogen and oxygen atoms in total. The van der Waals surface area contributed by atoms with E-state index in [9.17, 15) is 4.57 Å². The third-order valence-electron chi connectivity index (χ3n) is 3.86. The summed E-state index contributed by atoms with van der Waals surface area (Å²) >= 11 is 0. The van der Waals surface area contributed by atoms with Gasteiger partial charge in [-0.2, -0.15) is 0 Å². The Morgan fingerprint density at radius 3 is 2.78 bits per heavy atom. The quantitative estimate of drug-likeness (QED) is 0.461. The average molecular weight is 342 g/mol. The van der Waals surface area contributed by atoms with E-state index >= 15 is 0 Å². The summed E-state index contributed by atoms with van der Waals surface area (Å²) in [4.78, 5) is 3.99. The largest absolute Gasteiger partial charge is 0.381 e. The van der Waals surface area contributed by atoms with Crippen molar-refractivity contribution in [2.45, 2.75) is 50.6 Å². The highest BCUT2D eigenvalue weighted by molar-refractivity contribution is 7.43. The molecule has 2 saturated heterocycles. The van der Waals surface area contributed by atoms with E-state index < -0.39 is 19.8 Å². The monoisotopic (exact) mass is 342 g/mol. The van der Waals surface area contributed by atoms with Crippen molar-refractivity contribution in [1.29, 1.82) is 5.41 Å². The van der Waals surface area contributed by atoms with E-state index in [0.29, 0.717) is 12.6 Å². The van der Waals surface area contributed by atoms with E-state index in [1.807, 2.05) is 13.8 Å². The smallest absolute Gasteiger partial charge is 0.335 e. The molecule has 2 aliphatic heterocycles. The van der Waals surface area contributed by atoms with Crippen molar-refractivity contribution >= 4 is 13.6 Å². The minimum atomic E-state index is -1.24. The zero-order valence-corrected chi connectivity index (χ0v) is 14.2. The van der Waals surface area contributed by atoms with Gasteiger partial charge in [0.1, 0.15) is 31.4 Å². The molecule has 0 radical (unpaired) electrons. The highest BCUT2D eigenvalue weighted by Gasteiger charge is 2.56. The van der Waals surface area contributed by atoms with Crippen LogP contribution in [0.2, 0.25) is 0 Å². The molecule has 0 aromatic carbocycles. The Morgan fingerprint density at radius 2 is 2.17 bits per heavy atom. The maximum absolute atomic E-state index is 11.4.